The van der Waals surface area contributed by atoms with Gasteiger partial charge in [-0.1, -0.05) is 19.1 Å². The Morgan fingerprint density at radius 3 is 2.38 bits per heavy atom. The molecule has 0 spiro atoms. The smallest absolute Gasteiger partial charge is 0.193 e. The molecule has 0 aliphatic rings. The van der Waals surface area contributed by atoms with E-state index >= 15 is 0 Å². The molecule has 0 aliphatic heterocycles. The minimum Gasteiger partial charge on any atom is -0.494 e. The van der Waals surface area contributed by atoms with Crippen molar-refractivity contribution in [3.63, 3.8) is 0 Å². The van der Waals surface area contributed by atoms with Crippen LogP contribution in [0.2, 0.25) is 0 Å². The zero-order chi connectivity index (χ0) is 17.3. The summed E-state index contributed by atoms with van der Waals surface area (Å²) in [6.45, 7) is 5.29. The molecule has 1 N–H and O–H groups in total. The van der Waals surface area contributed by atoms with E-state index in [2.05, 4.69) is 10.3 Å². The summed E-state index contributed by atoms with van der Waals surface area (Å²) in [5.41, 5.74) is 1.13. The normalized spacial score (nSPS) is 11.6. The fraction of sp³-hybridized carbons (Fsp3) is 0.562. The number of benzene rings is 1. The van der Waals surface area contributed by atoms with Crippen molar-refractivity contribution >= 4 is 39.8 Å². The van der Waals surface area contributed by atoms with Gasteiger partial charge in [0.15, 0.2) is 15.8 Å². The molecular formula is C16H28IN3O3S. The summed E-state index contributed by atoms with van der Waals surface area (Å²) < 4.78 is 28.4. The highest BCUT2D eigenvalue weighted by Gasteiger charge is 2.10. The molecular weight excluding hydrogens is 441 g/mol. The van der Waals surface area contributed by atoms with E-state index < -0.39 is 9.84 Å². The number of nitrogens with zero attached hydrogens (tertiary/aromatic N) is 2. The maximum absolute atomic E-state index is 11.5. The third kappa shape index (κ3) is 8.18. The van der Waals surface area contributed by atoms with Gasteiger partial charge >= 0.3 is 0 Å². The van der Waals surface area contributed by atoms with Crippen molar-refractivity contribution in [2.75, 3.05) is 38.8 Å². The first-order chi connectivity index (χ1) is 10.9. The lowest BCUT2D eigenvalue weighted by molar-refractivity contribution is 0.340. The Labute approximate surface area is 162 Å². The summed E-state index contributed by atoms with van der Waals surface area (Å²) >= 11 is 0. The zero-order valence-corrected chi connectivity index (χ0v) is 17.9. The van der Waals surface area contributed by atoms with Crippen molar-refractivity contribution in [3.05, 3.63) is 29.8 Å². The van der Waals surface area contributed by atoms with Gasteiger partial charge in [-0.25, -0.2) is 8.42 Å². The van der Waals surface area contributed by atoms with E-state index in [-0.39, 0.29) is 35.5 Å². The summed E-state index contributed by atoms with van der Waals surface area (Å²) in [7, 11) is 0.634. The first-order valence-corrected chi connectivity index (χ1v) is 9.58. The summed E-state index contributed by atoms with van der Waals surface area (Å²) in [6, 6.07) is 7.90. The molecule has 138 valence electrons. The quantitative estimate of drug-likeness (QED) is 0.359. The van der Waals surface area contributed by atoms with Crippen LogP contribution in [0, 0.1) is 0 Å². The fourth-order valence-corrected chi connectivity index (χ4v) is 2.76. The second-order valence-corrected chi connectivity index (χ2v) is 7.62. The third-order valence-electron chi connectivity index (χ3n) is 3.36. The number of aliphatic imine (C=N–C) groups is 1. The molecule has 0 saturated heterocycles. The molecule has 0 saturated carbocycles. The minimum atomic E-state index is -2.97. The SMILES string of the molecule is CCOc1ccc(CN(C)C(=NC)NCCS(=O)(=O)CC)cc1.I. The average molecular weight is 469 g/mol. The van der Waals surface area contributed by atoms with Gasteiger partial charge in [-0.15, -0.1) is 24.0 Å². The van der Waals surface area contributed by atoms with Crippen molar-refractivity contribution in [2.24, 2.45) is 4.99 Å². The van der Waals surface area contributed by atoms with Crippen LogP contribution in [0.3, 0.4) is 0 Å². The number of sulfone groups is 1. The van der Waals surface area contributed by atoms with Gasteiger partial charge < -0.3 is 15.0 Å². The maximum Gasteiger partial charge on any atom is 0.193 e. The topological polar surface area (TPSA) is 71.0 Å². The summed E-state index contributed by atoms with van der Waals surface area (Å²) in [6.07, 6.45) is 0. The predicted octanol–water partition coefficient (Wildman–Crippen LogP) is 2.15. The summed E-state index contributed by atoms with van der Waals surface area (Å²) in [4.78, 5) is 6.14. The first-order valence-electron chi connectivity index (χ1n) is 7.75. The van der Waals surface area contributed by atoms with Crippen LogP contribution in [0.25, 0.3) is 0 Å². The highest BCUT2D eigenvalue weighted by molar-refractivity contribution is 14.0. The second kappa shape index (κ2) is 11.5. The molecule has 0 unspecified atom stereocenters. The van der Waals surface area contributed by atoms with Crippen LogP contribution >= 0.6 is 24.0 Å². The molecule has 1 aromatic carbocycles. The molecule has 8 heteroatoms. The van der Waals surface area contributed by atoms with Crippen LogP contribution in [0.4, 0.5) is 0 Å². The summed E-state index contributed by atoms with van der Waals surface area (Å²) in [5.74, 6) is 1.80. The Bertz CT molecular complexity index is 603. The number of halogens is 1. The lowest BCUT2D eigenvalue weighted by Crippen LogP contribution is -2.40. The van der Waals surface area contributed by atoms with Gasteiger partial charge in [-0.2, -0.15) is 0 Å². The largest absolute Gasteiger partial charge is 0.494 e. The number of hydrogen-bond donors (Lipinski definition) is 1. The Hall–Kier alpha value is -1.03. The van der Waals surface area contributed by atoms with Gasteiger partial charge in [0.25, 0.3) is 0 Å². The van der Waals surface area contributed by atoms with Crippen LogP contribution < -0.4 is 10.1 Å². The Kier molecular flexibility index (Phi) is 11.0. The number of guanidine groups is 1. The molecule has 0 amide bonds. The minimum absolute atomic E-state index is 0. The number of hydrogen-bond acceptors (Lipinski definition) is 4. The number of ether oxygens (including phenoxy) is 1. The monoisotopic (exact) mass is 469 g/mol. The van der Waals surface area contributed by atoms with E-state index in [1.165, 1.54) is 0 Å². The van der Waals surface area contributed by atoms with E-state index in [4.69, 9.17) is 4.74 Å². The van der Waals surface area contributed by atoms with Crippen molar-refractivity contribution in [1.82, 2.24) is 10.2 Å². The van der Waals surface area contributed by atoms with Crippen LogP contribution in [-0.2, 0) is 16.4 Å². The zero-order valence-electron chi connectivity index (χ0n) is 14.8. The van der Waals surface area contributed by atoms with Gasteiger partial charge in [0.2, 0.25) is 0 Å². The summed E-state index contributed by atoms with van der Waals surface area (Å²) in [5, 5.41) is 3.08. The third-order valence-corrected chi connectivity index (χ3v) is 5.07. The predicted molar refractivity (Wildman–Crippen MR) is 110 cm³/mol. The van der Waals surface area contributed by atoms with Crippen molar-refractivity contribution in [2.45, 2.75) is 20.4 Å². The standard InChI is InChI=1S/C16H27N3O3S.HI/c1-5-22-15-9-7-14(8-10-15)13-19(4)16(17-3)18-11-12-23(20,21)6-2;/h7-10H,5-6,11-13H2,1-4H3,(H,17,18);1H. The molecule has 0 aliphatic carbocycles. The van der Waals surface area contributed by atoms with Crippen molar-refractivity contribution in [3.8, 4) is 5.75 Å². The lowest BCUT2D eigenvalue weighted by Gasteiger charge is -2.22. The van der Waals surface area contributed by atoms with E-state index in [1.54, 1.807) is 14.0 Å². The molecule has 24 heavy (non-hydrogen) atoms. The van der Waals surface area contributed by atoms with Gasteiger partial charge in [0, 0.05) is 32.9 Å². The van der Waals surface area contributed by atoms with Crippen LogP contribution in [0.1, 0.15) is 19.4 Å². The molecule has 0 atom stereocenters. The fourth-order valence-electron chi connectivity index (χ4n) is 2.05. The Morgan fingerprint density at radius 1 is 1.25 bits per heavy atom. The molecule has 6 nitrogen and oxygen atoms in total. The number of rotatable bonds is 8. The van der Waals surface area contributed by atoms with Gasteiger partial charge in [0.1, 0.15) is 5.75 Å². The maximum atomic E-state index is 11.5. The molecule has 0 heterocycles. The van der Waals surface area contributed by atoms with Crippen molar-refractivity contribution < 1.29 is 13.2 Å². The Morgan fingerprint density at radius 2 is 1.88 bits per heavy atom. The van der Waals surface area contributed by atoms with Crippen LogP contribution in [-0.4, -0.2) is 58.0 Å². The van der Waals surface area contributed by atoms with E-state index in [1.807, 2.05) is 43.1 Å². The van der Waals surface area contributed by atoms with Gasteiger partial charge in [-0.05, 0) is 24.6 Å². The Balaban J connectivity index is 0.00000529. The molecule has 1 aromatic rings. The van der Waals surface area contributed by atoms with Gasteiger partial charge in [-0.3, -0.25) is 4.99 Å². The van der Waals surface area contributed by atoms with E-state index in [0.29, 0.717) is 25.7 Å². The molecule has 0 radical (unpaired) electrons. The molecule has 0 bridgehead atoms. The van der Waals surface area contributed by atoms with E-state index in [9.17, 15) is 8.42 Å². The van der Waals surface area contributed by atoms with E-state index in [0.717, 1.165) is 11.3 Å². The lowest BCUT2D eigenvalue weighted by atomic mass is 10.2. The highest BCUT2D eigenvalue weighted by atomic mass is 127. The first kappa shape index (κ1) is 23.0. The molecule has 0 aromatic heterocycles. The molecule has 1 rings (SSSR count). The average Bonchev–Trinajstić information content (AvgIpc) is 2.53. The second-order valence-electron chi connectivity index (χ2n) is 5.14. The van der Waals surface area contributed by atoms with Gasteiger partial charge in [0.05, 0.1) is 12.4 Å². The van der Waals surface area contributed by atoms with Crippen LogP contribution in [0.15, 0.2) is 29.3 Å². The van der Waals surface area contributed by atoms with Crippen LogP contribution in [0.5, 0.6) is 5.75 Å². The number of nitrogens with one attached hydrogen (secondary N) is 1. The molecule has 0 fully saturated rings. The van der Waals surface area contributed by atoms with Crippen molar-refractivity contribution in [1.29, 1.82) is 0 Å². The highest BCUT2D eigenvalue weighted by Crippen LogP contribution is 2.13.